The first-order valence-electron chi connectivity index (χ1n) is 14.4. The molecule has 0 aromatic heterocycles. The van der Waals surface area contributed by atoms with Gasteiger partial charge in [0.25, 0.3) is 0 Å². The summed E-state index contributed by atoms with van der Waals surface area (Å²) in [6, 6.07) is 33.8. The first kappa shape index (κ1) is 31.2. The molecule has 38 heavy (non-hydrogen) atoms. The monoisotopic (exact) mass is 576 g/mol. The van der Waals surface area contributed by atoms with E-state index in [0.717, 1.165) is 11.8 Å². The third-order valence-corrected chi connectivity index (χ3v) is 27.1. The first-order valence-corrected chi connectivity index (χ1v) is 24.7. The zero-order chi connectivity index (χ0) is 27.8. The molecular formula is C32H50AlN2PSi2. The molecule has 2 nitrogen and oxygen atoms in total. The van der Waals surface area contributed by atoms with Gasteiger partial charge in [-0.3, -0.25) is 0 Å². The van der Waals surface area contributed by atoms with Crippen LogP contribution >= 0.6 is 7.92 Å². The van der Waals surface area contributed by atoms with Crippen molar-refractivity contribution in [1.82, 2.24) is 0 Å². The first-order chi connectivity index (χ1) is 18.0. The van der Waals surface area contributed by atoms with Crippen LogP contribution in [-0.4, -0.2) is 42.4 Å². The van der Waals surface area contributed by atoms with Crippen LogP contribution in [0.3, 0.4) is 0 Å². The van der Waals surface area contributed by atoms with Crippen LogP contribution in [0.5, 0.6) is 0 Å². The quantitative estimate of drug-likeness (QED) is 0.152. The summed E-state index contributed by atoms with van der Waals surface area (Å²) in [5.41, 5.74) is 2.76. The van der Waals surface area contributed by atoms with Crippen molar-refractivity contribution in [3.05, 3.63) is 91.0 Å². The van der Waals surface area contributed by atoms with Gasteiger partial charge in [0.1, 0.15) is 8.24 Å². The van der Waals surface area contributed by atoms with E-state index in [4.69, 9.17) is 0 Å². The van der Waals surface area contributed by atoms with Crippen LogP contribution in [0.2, 0.25) is 36.8 Å². The maximum Gasteiger partial charge on any atom is 0.405 e. The van der Waals surface area contributed by atoms with Crippen molar-refractivity contribution in [3.63, 3.8) is 0 Å². The molecule has 0 aliphatic rings. The van der Waals surface area contributed by atoms with E-state index >= 15 is 0 Å². The van der Waals surface area contributed by atoms with Crippen molar-refractivity contribution in [2.24, 2.45) is 11.8 Å². The molecule has 0 amide bonds. The molecule has 0 heterocycles. The lowest BCUT2D eigenvalue weighted by molar-refractivity contribution is 0.688. The Morgan fingerprint density at radius 2 is 1.16 bits per heavy atom. The lowest BCUT2D eigenvalue weighted by Gasteiger charge is -2.47. The Morgan fingerprint density at radius 3 is 1.66 bits per heavy atom. The van der Waals surface area contributed by atoms with Crippen molar-refractivity contribution in [1.29, 1.82) is 0 Å². The van der Waals surface area contributed by atoms with Gasteiger partial charge in [-0.15, -0.1) is 0 Å². The fraction of sp³-hybridized carbons (Fsp3) is 0.438. The standard InChI is InChI=1S/C24H32N2PSi2.2C4H9.Al/c1-28(2,25-22-14-8-5-9-15-22)20-27(24-18-12-7-13-19-24)21-29(3,4)26-23-16-10-6-11-17-23;2*1-4(2)3;/h5-19,25H,20-21H2,1-4H3;2*4H,1H2,2-3H3;/q-1;;;+1. The average Bonchev–Trinajstić information content (AvgIpc) is 2.84. The van der Waals surface area contributed by atoms with E-state index in [2.05, 4.69) is 153 Å². The molecule has 0 radical (unpaired) electrons. The van der Waals surface area contributed by atoms with Crippen molar-refractivity contribution in [2.45, 2.75) is 64.4 Å². The number of hydrogen-bond acceptors (Lipinski definition) is 2. The van der Waals surface area contributed by atoms with Gasteiger partial charge in [0, 0.05) is 11.4 Å². The summed E-state index contributed by atoms with van der Waals surface area (Å²) >= 11 is -1.18. The summed E-state index contributed by atoms with van der Waals surface area (Å²) in [5.74, 6) is 4.16. The third-order valence-electron chi connectivity index (χ3n) is 7.08. The number of nitrogens with zero attached hydrogens (tertiary/aromatic N) is 1. The molecule has 3 rings (SSSR count). The van der Waals surface area contributed by atoms with Gasteiger partial charge < -0.3 is 8.53 Å². The van der Waals surface area contributed by atoms with Crippen molar-refractivity contribution < 1.29 is 0 Å². The van der Waals surface area contributed by atoms with Gasteiger partial charge in [0.05, 0.1) is 0 Å². The summed E-state index contributed by atoms with van der Waals surface area (Å²) in [5, 5.41) is 4.36. The zero-order valence-electron chi connectivity index (χ0n) is 25.1. The van der Waals surface area contributed by atoms with E-state index in [1.165, 1.54) is 33.5 Å². The number of hydrogen-bond donors (Lipinski definition) is 1. The molecule has 0 saturated carbocycles. The van der Waals surface area contributed by atoms with Crippen LogP contribution < -0.4 is 13.8 Å². The van der Waals surface area contributed by atoms with Crippen molar-refractivity contribution in [2.75, 3.05) is 20.1 Å². The fourth-order valence-electron chi connectivity index (χ4n) is 5.89. The Labute approximate surface area is 241 Å². The summed E-state index contributed by atoms with van der Waals surface area (Å²) in [7, 11) is -3.75. The molecule has 3 aromatic carbocycles. The predicted molar refractivity (Wildman–Crippen MR) is 182 cm³/mol. The highest BCUT2D eigenvalue weighted by atomic mass is 31.1. The largest absolute Gasteiger partial charge is 0.491 e. The SMILES string of the molecule is CC(C)[CH2][Al]([CH2]C(C)C)[N](c1ccccc1)[Si](C)(C)CP(C[Si](C)(C)Nc1ccccc1)c1ccccc1. The number of benzene rings is 3. The van der Waals surface area contributed by atoms with Crippen LogP contribution in [0.25, 0.3) is 0 Å². The molecule has 1 atom stereocenters. The summed E-state index contributed by atoms with van der Waals surface area (Å²) < 4.78 is 3.09. The molecule has 204 valence electrons. The van der Waals surface area contributed by atoms with E-state index in [1.54, 1.807) is 5.30 Å². The van der Waals surface area contributed by atoms with Crippen LogP contribution in [0.15, 0.2) is 91.0 Å². The molecule has 6 heteroatoms. The second kappa shape index (κ2) is 14.3. The molecule has 0 saturated heterocycles. The van der Waals surface area contributed by atoms with Gasteiger partial charge in [-0.25, -0.2) is 0 Å². The van der Waals surface area contributed by atoms with Crippen molar-refractivity contribution >= 4 is 55.4 Å². The maximum atomic E-state index is 4.01. The Morgan fingerprint density at radius 1 is 0.684 bits per heavy atom. The fourth-order valence-corrected chi connectivity index (χ4v) is 28.4. The second-order valence-corrected chi connectivity index (χ2v) is 28.5. The van der Waals surface area contributed by atoms with E-state index < -0.39 is 30.8 Å². The molecule has 3 aromatic rings. The van der Waals surface area contributed by atoms with E-state index in [1.807, 2.05) is 0 Å². The van der Waals surface area contributed by atoms with E-state index in [0.29, 0.717) is 0 Å². The molecular weight excluding hydrogens is 526 g/mol. The van der Waals surface area contributed by atoms with Gasteiger partial charge in [0.15, 0.2) is 8.24 Å². The highest BCUT2D eigenvalue weighted by Crippen LogP contribution is 2.43. The zero-order valence-corrected chi connectivity index (χ0v) is 29.2. The maximum absolute atomic E-state index is 4.01. The molecule has 1 unspecified atom stereocenters. The Bertz CT molecular complexity index is 1070. The minimum Gasteiger partial charge on any atom is -0.491 e. The summed E-state index contributed by atoms with van der Waals surface area (Å²) in [6.45, 7) is 20.1. The molecule has 0 aliphatic carbocycles. The minimum atomic E-state index is -1.79. The van der Waals surface area contributed by atoms with Gasteiger partial charge >= 0.3 is 14.4 Å². The number of rotatable bonds is 14. The smallest absolute Gasteiger partial charge is 0.405 e. The lowest BCUT2D eigenvalue weighted by Crippen LogP contribution is -2.60. The number of nitrogens with one attached hydrogen (secondary N) is 1. The topological polar surface area (TPSA) is 15.3 Å². The van der Waals surface area contributed by atoms with Gasteiger partial charge in [-0.05, 0) is 41.1 Å². The lowest BCUT2D eigenvalue weighted by atomic mass is 10.3. The highest BCUT2D eigenvalue weighted by Gasteiger charge is 2.41. The van der Waals surface area contributed by atoms with Crippen LogP contribution in [-0.2, 0) is 0 Å². The van der Waals surface area contributed by atoms with Crippen molar-refractivity contribution in [3.8, 4) is 0 Å². The molecule has 0 aliphatic heterocycles. The number of para-hydroxylation sites is 2. The van der Waals surface area contributed by atoms with Crippen LogP contribution in [0.4, 0.5) is 11.4 Å². The molecule has 0 spiro atoms. The molecule has 0 fully saturated rings. The average molecular weight is 577 g/mol. The Balaban J connectivity index is 1.98. The summed E-state index contributed by atoms with van der Waals surface area (Å²) in [4.78, 5) is 4.01. The second-order valence-electron chi connectivity index (χ2n) is 13.0. The molecule has 1 N–H and O–H groups in total. The minimum absolute atomic E-state index is 0.275. The van der Waals surface area contributed by atoms with Gasteiger partial charge in [-0.1, -0.05) is 151 Å². The predicted octanol–water partition coefficient (Wildman–Crippen LogP) is 9.20. The van der Waals surface area contributed by atoms with Gasteiger partial charge in [-0.2, -0.15) is 0 Å². The normalized spacial score (nSPS) is 13.0. The van der Waals surface area contributed by atoms with Crippen LogP contribution in [0.1, 0.15) is 27.7 Å². The Hall–Kier alpha value is -1.34. The third kappa shape index (κ3) is 9.69. The number of anilines is 2. The highest BCUT2D eigenvalue weighted by molar-refractivity contribution is 7.70. The van der Waals surface area contributed by atoms with E-state index in [-0.39, 0.29) is 7.92 Å². The van der Waals surface area contributed by atoms with E-state index in [9.17, 15) is 0 Å². The Kier molecular flexibility index (Phi) is 11.8. The molecule has 0 bridgehead atoms. The summed E-state index contributed by atoms with van der Waals surface area (Å²) in [6.07, 6.45) is 0. The van der Waals surface area contributed by atoms with Gasteiger partial charge in [0.2, 0.25) is 0 Å². The van der Waals surface area contributed by atoms with Crippen LogP contribution in [0, 0.1) is 11.8 Å².